The summed E-state index contributed by atoms with van der Waals surface area (Å²) >= 11 is 0. The van der Waals surface area contributed by atoms with Crippen LogP contribution in [0.25, 0.3) is 65.4 Å². The van der Waals surface area contributed by atoms with Crippen LogP contribution >= 0.6 is 0 Å². The van der Waals surface area contributed by atoms with Gasteiger partial charge in [-0.15, -0.1) is 0 Å². The van der Waals surface area contributed by atoms with Gasteiger partial charge in [0.2, 0.25) is 0 Å². The Hall–Kier alpha value is -8.32. The Labute approximate surface area is 371 Å². The van der Waals surface area contributed by atoms with Crippen LogP contribution in [0.1, 0.15) is 44.5 Å². The van der Waals surface area contributed by atoms with E-state index in [9.17, 15) is 10.5 Å². The standard InChI is InChI=1S/C58H42N4O2/c1-33-25-47(26-34(2)37(33)5)61(43-13-7-39(31-59)8-14-43)45-17-21-49-41(29-45)11-19-51-52-23-24-54-55(58(52)64-56(49)51)53-20-12-42-30-46(18-22-50(42)57(53)63-54)62(44-15-9-40(32-60)10-16-44)48-27-35(3)38(6)36(4)28-48/h7-30H,1-6H3. The van der Waals surface area contributed by atoms with Crippen LogP contribution in [0.4, 0.5) is 34.1 Å². The number of rotatable bonds is 6. The molecule has 0 aliphatic heterocycles. The highest BCUT2D eigenvalue weighted by Crippen LogP contribution is 2.45. The van der Waals surface area contributed by atoms with E-state index in [1.807, 2.05) is 48.5 Å². The van der Waals surface area contributed by atoms with Gasteiger partial charge < -0.3 is 18.6 Å². The molecule has 0 unspecified atom stereocenters. The second-order valence-corrected chi connectivity index (χ2v) is 17.1. The fourth-order valence-corrected chi connectivity index (χ4v) is 9.47. The number of hydrogen-bond donors (Lipinski definition) is 0. The van der Waals surface area contributed by atoms with E-state index in [2.05, 4.69) is 161 Å². The molecule has 11 rings (SSSR count). The Morgan fingerprint density at radius 2 is 0.750 bits per heavy atom. The minimum absolute atomic E-state index is 0.623. The van der Waals surface area contributed by atoms with Crippen molar-refractivity contribution in [1.29, 1.82) is 10.5 Å². The molecule has 64 heavy (non-hydrogen) atoms. The van der Waals surface area contributed by atoms with Crippen LogP contribution in [0.5, 0.6) is 0 Å². The zero-order valence-electron chi connectivity index (χ0n) is 36.5. The molecule has 0 atom stereocenters. The molecule has 2 heterocycles. The van der Waals surface area contributed by atoms with E-state index in [0.717, 1.165) is 99.5 Å². The Morgan fingerprint density at radius 1 is 0.359 bits per heavy atom. The molecule has 6 heteroatoms. The molecule has 0 aliphatic rings. The van der Waals surface area contributed by atoms with E-state index in [4.69, 9.17) is 8.83 Å². The summed E-state index contributed by atoms with van der Waals surface area (Å²) in [5.41, 5.74) is 18.0. The van der Waals surface area contributed by atoms with Gasteiger partial charge in [0, 0.05) is 61.1 Å². The maximum Gasteiger partial charge on any atom is 0.147 e. The van der Waals surface area contributed by atoms with E-state index in [1.165, 1.54) is 33.4 Å². The molecule has 6 nitrogen and oxygen atoms in total. The normalized spacial score (nSPS) is 11.6. The maximum absolute atomic E-state index is 9.54. The minimum atomic E-state index is 0.623. The van der Waals surface area contributed by atoms with Gasteiger partial charge in [-0.25, -0.2) is 0 Å². The topological polar surface area (TPSA) is 80.3 Å². The van der Waals surface area contributed by atoms with E-state index in [-0.39, 0.29) is 0 Å². The lowest BCUT2D eigenvalue weighted by atomic mass is 10.0. The van der Waals surface area contributed by atoms with Gasteiger partial charge in [0.1, 0.15) is 22.3 Å². The third-order valence-electron chi connectivity index (χ3n) is 13.4. The maximum atomic E-state index is 9.54. The monoisotopic (exact) mass is 826 g/mol. The molecule has 9 aromatic carbocycles. The third-order valence-corrected chi connectivity index (χ3v) is 13.4. The second kappa shape index (κ2) is 14.7. The predicted molar refractivity (Wildman–Crippen MR) is 263 cm³/mol. The molecule has 2 aromatic heterocycles. The Bertz CT molecular complexity index is 3780. The summed E-state index contributed by atoms with van der Waals surface area (Å²) in [6.07, 6.45) is 0. The van der Waals surface area contributed by atoms with Crippen LogP contribution < -0.4 is 9.80 Å². The summed E-state index contributed by atoms with van der Waals surface area (Å²) in [7, 11) is 0. The highest BCUT2D eigenvalue weighted by molar-refractivity contribution is 6.27. The van der Waals surface area contributed by atoms with E-state index >= 15 is 0 Å². The lowest BCUT2D eigenvalue weighted by Crippen LogP contribution is -2.11. The van der Waals surface area contributed by atoms with Crippen molar-refractivity contribution in [3.8, 4) is 12.1 Å². The molecule has 0 bridgehead atoms. The lowest BCUT2D eigenvalue weighted by Gasteiger charge is -2.27. The molecule has 0 fully saturated rings. The zero-order valence-corrected chi connectivity index (χ0v) is 36.5. The van der Waals surface area contributed by atoms with Crippen molar-refractivity contribution in [3.63, 3.8) is 0 Å². The van der Waals surface area contributed by atoms with Crippen LogP contribution in [0.15, 0.2) is 154 Å². The van der Waals surface area contributed by atoms with Crippen LogP contribution in [0, 0.1) is 64.2 Å². The molecular formula is C58H42N4O2. The van der Waals surface area contributed by atoms with Crippen LogP contribution in [0.3, 0.4) is 0 Å². The molecule has 11 aromatic rings. The number of aryl methyl sites for hydroxylation is 4. The van der Waals surface area contributed by atoms with Crippen molar-refractivity contribution < 1.29 is 8.83 Å². The Balaban J connectivity index is 1.04. The first-order chi connectivity index (χ1) is 31.1. The van der Waals surface area contributed by atoms with Crippen LogP contribution in [-0.2, 0) is 0 Å². The molecule has 0 radical (unpaired) electrons. The van der Waals surface area contributed by atoms with Gasteiger partial charge in [-0.1, -0.05) is 12.1 Å². The van der Waals surface area contributed by atoms with Crippen LogP contribution in [-0.4, -0.2) is 0 Å². The number of nitrogens with zero attached hydrogens (tertiary/aromatic N) is 4. The van der Waals surface area contributed by atoms with Crippen molar-refractivity contribution in [1.82, 2.24) is 0 Å². The van der Waals surface area contributed by atoms with Gasteiger partial charge in [-0.05, 0) is 219 Å². The number of fused-ring (bicyclic) bond motifs is 11. The molecule has 0 amide bonds. The molecule has 0 saturated carbocycles. The fourth-order valence-electron chi connectivity index (χ4n) is 9.47. The van der Waals surface area contributed by atoms with Gasteiger partial charge in [-0.3, -0.25) is 0 Å². The summed E-state index contributed by atoms with van der Waals surface area (Å²) < 4.78 is 13.7. The summed E-state index contributed by atoms with van der Waals surface area (Å²) in [4.78, 5) is 4.51. The SMILES string of the molecule is Cc1cc(N(c2ccc(C#N)cc2)c2ccc3c(ccc4c5ccc6oc7c8ccc(N(c9ccc(C#N)cc9)c9cc(C)c(C)c(C)c9)cc8ccc7c6c5oc34)c2)cc(C)c1C. The van der Waals surface area contributed by atoms with Crippen molar-refractivity contribution in [2.45, 2.75) is 41.5 Å². The predicted octanol–water partition coefficient (Wildman–Crippen LogP) is 16.3. The van der Waals surface area contributed by atoms with Gasteiger partial charge in [0.25, 0.3) is 0 Å². The minimum Gasteiger partial charge on any atom is -0.455 e. The quantitative estimate of drug-likeness (QED) is 0.166. The smallest absolute Gasteiger partial charge is 0.147 e. The number of nitriles is 2. The molecule has 0 spiro atoms. The number of hydrogen-bond acceptors (Lipinski definition) is 6. The van der Waals surface area contributed by atoms with Gasteiger partial charge >= 0.3 is 0 Å². The van der Waals surface area contributed by atoms with Gasteiger partial charge in [-0.2, -0.15) is 10.5 Å². The first kappa shape index (κ1) is 38.6. The lowest BCUT2D eigenvalue weighted by molar-refractivity contribution is 0.666. The number of furan rings is 2. The third kappa shape index (κ3) is 6.07. The Morgan fingerprint density at radius 3 is 1.22 bits per heavy atom. The average Bonchev–Trinajstić information content (AvgIpc) is 3.89. The molecule has 0 aliphatic carbocycles. The number of anilines is 6. The first-order valence-electron chi connectivity index (χ1n) is 21.5. The summed E-state index contributed by atoms with van der Waals surface area (Å²) in [6.45, 7) is 12.9. The van der Waals surface area contributed by atoms with Crippen molar-refractivity contribution in [2.24, 2.45) is 0 Å². The summed E-state index contributed by atoms with van der Waals surface area (Å²) in [5, 5.41) is 27.3. The average molecular weight is 827 g/mol. The van der Waals surface area contributed by atoms with E-state index < -0.39 is 0 Å². The van der Waals surface area contributed by atoms with Crippen LogP contribution in [0.2, 0.25) is 0 Å². The van der Waals surface area contributed by atoms with Gasteiger partial charge in [0.15, 0.2) is 0 Å². The van der Waals surface area contributed by atoms with Crippen molar-refractivity contribution in [2.75, 3.05) is 9.80 Å². The molecule has 306 valence electrons. The number of benzene rings is 9. The largest absolute Gasteiger partial charge is 0.455 e. The van der Waals surface area contributed by atoms with Crippen molar-refractivity contribution in [3.05, 3.63) is 190 Å². The van der Waals surface area contributed by atoms with E-state index in [1.54, 1.807) is 0 Å². The highest BCUT2D eigenvalue weighted by atomic mass is 16.3. The van der Waals surface area contributed by atoms with Gasteiger partial charge in [0.05, 0.1) is 28.7 Å². The Kier molecular flexibility index (Phi) is 8.84. The summed E-state index contributed by atoms with van der Waals surface area (Å²) in [6, 6.07) is 54.9. The molecule has 0 N–H and O–H groups in total. The fraction of sp³-hybridized carbons (Fsp3) is 0.103. The highest BCUT2D eigenvalue weighted by Gasteiger charge is 2.22. The zero-order chi connectivity index (χ0) is 44.0. The summed E-state index contributed by atoms with van der Waals surface area (Å²) in [5.74, 6) is 0. The first-order valence-corrected chi connectivity index (χ1v) is 21.5. The van der Waals surface area contributed by atoms with E-state index in [0.29, 0.717) is 11.1 Å². The second-order valence-electron chi connectivity index (χ2n) is 17.1. The van der Waals surface area contributed by atoms with Crippen molar-refractivity contribution >= 4 is 99.5 Å². The molecule has 0 saturated heterocycles. The molecular weight excluding hydrogens is 785 g/mol.